The lowest BCUT2D eigenvalue weighted by Gasteiger charge is -2.45. The first kappa shape index (κ1) is 21.8. The summed E-state index contributed by atoms with van der Waals surface area (Å²) < 4.78 is 63.5. The van der Waals surface area contributed by atoms with Gasteiger partial charge in [0, 0.05) is 13.2 Å². The molecular weight excluding hydrogens is 438 g/mol. The summed E-state index contributed by atoms with van der Waals surface area (Å²) in [5, 5.41) is 7.21. The van der Waals surface area contributed by atoms with E-state index >= 15 is 8.78 Å². The highest BCUT2D eigenvalue weighted by Gasteiger charge is 2.47. The summed E-state index contributed by atoms with van der Waals surface area (Å²) in [6, 6.07) is 8.41. The van der Waals surface area contributed by atoms with Crippen LogP contribution < -0.4 is 5.32 Å². The third kappa shape index (κ3) is 4.58. The van der Waals surface area contributed by atoms with Gasteiger partial charge in [-0.25, -0.2) is 22.2 Å². The topological polar surface area (TPSA) is 55.2 Å². The molecule has 176 valence electrons. The van der Waals surface area contributed by atoms with Crippen LogP contribution in [0.15, 0.2) is 42.7 Å². The Morgan fingerprint density at radius 2 is 1.85 bits per heavy atom. The molecule has 2 aliphatic heterocycles. The molecule has 0 aliphatic carbocycles. The van der Waals surface area contributed by atoms with Gasteiger partial charge < -0.3 is 10.1 Å². The Hall–Kier alpha value is -2.98. The molecule has 1 aromatic heterocycles. The van der Waals surface area contributed by atoms with Crippen LogP contribution in [0.1, 0.15) is 24.9 Å². The molecule has 10 heteroatoms. The van der Waals surface area contributed by atoms with Crippen molar-refractivity contribution in [2.75, 3.05) is 31.6 Å². The van der Waals surface area contributed by atoms with Gasteiger partial charge in [-0.3, -0.25) is 4.90 Å². The molecule has 0 bridgehead atoms. The monoisotopic (exact) mass is 463 g/mol. The number of nitrogens with zero attached hydrogens (tertiary/aromatic N) is 4. The molecule has 0 spiro atoms. The van der Waals surface area contributed by atoms with E-state index in [1.807, 2.05) is 17.9 Å². The Morgan fingerprint density at radius 3 is 2.52 bits per heavy atom. The second-order valence-electron chi connectivity index (χ2n) is 8.66. The van der Waals surface area contributed by atoms with Crippen LogP contribution in [0.5, 0.6) is 0 Å². The summed E-state index contributed by atoms with van der Waals surface area (Å²) in [7, 11) is 0. The molecular formula is C23H25F4N5O. The zero-order valence-corrected chi connectivity index (χ0v) is 17.9. The fraction of sp³-hybridized carbons (Fsp3) is 0.391. The van der Waals surface area contributed by atoms with Gasteiger partial charge in [-0.2, -0.15) is 4.98 Å². The number of piperidine rings is 1. The van der Waals surface area contributed by atoms with Crippen LogP contribution >= 0.6 is 0 Å². The lowest BCUT2D eigenvalue weighted by atomic mass is 9.84. The van der Waals surface area contributed by atoms with Crippen LogP contribution in [0.2, 0.25) is 0 Å². The quantitative estimate of drug-likeness (QED) is 0.558. The first-order valence-corrected chi connectivity index (χ1v) is 10.7. The summed E-state index contributed by atoms with van der Waals surface area (Å²) in [5.41, 5.74) is 2.13. The molecule has 6 nitrogen and oxygen atoms in total. The molecule has 0 saturated carbocycles. The zero-order chi connectivity index (χ0) is 23.2. The SMILES string of the molecule is Cc1cc(Nc2ncn(-c3cc(F)cc(F)c3)n2)cc(C2CCN(C3COC3)CC2(F)F)c1.[HH]. The molecule has 3 heterocycles. The summed E-state index contributed by atoms with van der Waals surface area (Å²) >= 11 is 0. The Balaban J connectivity index is 0.00000274. The van der Waals surface area contributed by atoms with Gasteiger partial charge in [0.05, 0.1) is 37.4 Å². The van der Waals surface area contributed by atoms with E-state index < -0.39 is 23.5 Å². The number of ether oxygens (including phenoxy) is 1. The number of likely N-dealkylation sites (tertiary alicyclic amines) is 1. The minimum atomic E-state index is -2.86. The minimum Gasteiger partial charge on any atom is -0.378 e. The molecule has 2 saturated heterocycles. The van der Waals surface area contributed by atoms with Crippen molar-refractivity contribution in [1.29, 1.82) is 0 Å². The molecule has 0 radical (unpaired) electrons. The molecule has 1 atom stereocenters. The van der Waals surface area contributed by atoms with Gasteiger partial charge in [0.15, 0.2) is 0 Å². The number of halogens is 4. The van der Waals surface area contributed by atoms with E-state index in [0.717, 1.165) is 23.8 Å². The second kappa shape index (κ2) is 8.42. The van der Waals surface area contributed by atoms with E-state index in [1.54, 1.807) is 12.1 Å². The number of nitrogens with one attached hydrogen (secondary N) is 1. The molecule has 2 fully saturated rings. The standard InChI is InChI=1S/C23H23F4N5O.H2/c1-14-4-15(21-2-3-31(12-23(21,26)27)20-10-33-11-20)6-18(5-14)29-22-28-13-32(30-22)19-8-16(24)7-17(25)9-19;/h4-9,13,20-21H,2-3,10-12H2,1H3,(H,29,30);1H. The molecule has 33 heavy (non-hydrogen) atoms. The summed E-state index contributed by atoms with van der Waals surface area (Å²) in [6.45, 7) is 3.19. The molecule has 1 unspecified atom stereocenters. The Bertz CT molecular complexity index is 1150. The third-order valence-corrected chi connectivity index (χ3v) is 6.13. The van der Waals surface area contributed by atoms with Crippen molar-refractivity contribution in [3.8, 4) is 5.69 Å². The van der Waals surface area contributed by atoms with Crippen molar-refractivity contribution in [3.63, 3.8) is 0 Å². The van der Waals surface area contributed by atoms with Gasteiger partial charge in [0.1, 0.15) is 18.0 Å². The summed E-state index contributed by atoms with van der Waals surface area (Å²) in [5.74, 6) is -5.02. The van der Waals surface area contributed by atoms with Crippen molar-refractivity contribution in [2.45, 2.75) is 31.2 Å². The number of alkyl halides is 2. The Morgan fingerprint density at radius 1 is 1.09 bits per heavy atom. The van der Waals surface area contributed by atoms with Crippen molar-refractivity contribution in [2.24, 2.45) is 0 Å². The van der Waals surface area contributed by atoms with Gasteiger partial charge in [-0.15, -0.1) is 5.10 Å². The average molecular weight is 463 g/mol. The Labute approximate surface area is 189 Å². The van der Waals surface area contributed by atoms with E-state index in [-0.39, 0.29) is 25.6 Å². The molecule has 1 N–H and O–H groups in total. The Kier molecular flexibility index (Phi) is 5.57. The highest BCUT2D eigenvalue weighted by Crippen LogP contribution is 2.42. The van der Waals surface area contributed by atoms with Gasteiger partial charge in [0.25, 0.3) is 5.92 Å². The van der Waals surface area contributed by atoms with Crippen molar-refractivity contribution in [1.82, 2.24) is 19.7 Å². The summed E-state index contributed by atoms with van der Waals surface area (Å²) in [6.07, 6.45) is 1.67. The first-order chi connectivity index (χ1) is 15.8. The van der Waals surface area contributed by atoms with E-state index in [1.165, 1.54) is 11.0 Å². The van der Waals surface area contributed by atoms with E-state index in [2.05, 4.69) is 15.4 Å². The number of aryl methyl sites for hydroxylation is 1. The molecule has 5 rings (SSSR count). The van der Waals surface area contributed by atoms with E-state index in [9.17, 15) is 8.78 Å². The third-order valence-electron chi connectivity index (χ3n) is 6.13. The van der Waals surface area contributed by atoms with E-state index in [4.69, 9.17) is 4.74 Å². The first-order valence-electron chi connectivity index (χ1n) is 10.7. The largest absolute Gasteiger partial charge is 0.378 e. The van der Waals surface area contributed by atoms with Gasteiger partial charge in [-0.1, -0.05) is 6.07 Å². The van der Waals surface area contributed by atoms with Crippen molar-refractivity contribution in [3.05, 3.63) is 65.5 Å². The van der Waals surface area contributed by atoms with Gasteiger partial charge in [0.2, 0.25) is 5.95 Å². The van der Waals surface area contributed by atoms with Gasteiger partial charge in [-0.05, 0) is 55.3 Å². The fourth-order valence-corrected chi connectivity index (χ4v) is 4.45. The minimum absolute atomic E-state index is 0. The van der Waals surface area contributed by atoms with Crippen LogP contribution in [-0.4, -0.2) is 57.9 Å². The average Bonchev–Trinajstić information content (AvgIpc) is 3.13. The van der Waals surface area contributed by atoms with E-state index in [0.29, 0.717) is 37.4 Å². The van der Waals surface area contributed by atoms with Crippen molar-refractivity contribution < 1.29 is 23.7 Å². The van der Waals surface area contributed by atoms with Crippen LogP contribution in [0.25, 0.3) is 5.69 Å². The molecule has 3 aromatic rings. The molecule has 2 aromatic carbocycles. The molecule has 2 aliphatic rings. The van der Waals surface area contributed by atoms with Crippen molar-refractivity contribution >= 4 is 11.6 Å². The smallest absolute Gasteiger partial charge is 0.267 e. The van der Waals surface area contributed by atoms with Crippen LogP contribution in [0, 0.1) is 18.6 Å². The van der Waals surface area contributed by atoms with Gasteiger partial charge >= 0.3 is 0 Å². The number of hydrogen-bond donors (Lipinski definition) is 1. The molecule has 0 amide bonds. The fourth-order valence-electron chi connectivity index (χ4n) is 4.45. The number of aromatic nitrogens is 3. The lowest BCUT2D eigenvalue weighted by Crippen LogP contribution is -2.57. The number of anilines is 2. The predicted octanol–water partition coefficient (Wildman–Crippen LogP) is 4.67. The van der Waals surface area contributed by atoms with Crippen LogP contribution in [0.4, 0.5) is 29.2 Å². The van der Waals surface area contributed by atoms with Crippen LogP contribution in [-0.2, 0) is 4.74 Å². The number of benzene rings is 2. The maximum absolute atomic E-state index is 15.1. The second-order valence-corrected chi connectivity index (χ2v) is 8.66. The number of hydrogen-bond acceptors (Lipinski definition) is 5. The normalized spacial score (nSPS) is 21.1. The maximum atomic E-state index is 15.1. The summed E-state index contributed by atoms with van der Waals surface area (Å²) in [4.78, 5) is 5.94. The zero-order valence-electron chi connectivity index (χ0n) is 17.9. The van der Waals surface area contributed by atoms with Crippen LogP contribution in [0.3, 0.4) is 0 Å². The number of rotatable bonds is 5. The highest BCUT2D eigenvalue weighted by atomic mass is 19.3. The highest BCUT2D eigenvalue weighted by molar-refractivity contribution is 5.56. The maximum Gasteiger partial charge on any atom is 0.267 e. The lowest BCUT2D eigenvalue weighted by molar-refractivity contribution is -0.136. The predicted molar refractivity (Wildman–Crippen MR) is 116 cm³/mol.